The van der Waals surface area contributed by atoms with E-state index in [0.717, 1.165) is 0 Å². The first-order chi connectivity index (χ1) is 4.61. The normalized spacial score (nSPS) is 33.8. The number of hydrogen-bond acceptors (Lipinski definition) is 3. The van der Waals surface area contributed by atoms with Crippen molar-refractivity contribution in [3.63, 3.8) is 0 Å². The molecule has 56 valence electrons. The van der Waals surface area contributed by atoms with Gasteiger partial charge in [-0.05, 0) is 6.92 Å². The molecule has 10 heavy (non-hydrogen) atoms. The Balaban J connectivity index is 2.66. The van der Waals surface area contributed by atoms with E-state index >= 15 is 0 Å². The fourth-order valence-corrected chi connectivity index (χ4v) is 0.916. The SMILES string of the molecule is C[C@@H]1C(=O)CC(=O)O[C@@H]1C. The zero-order valence-corrected chi connectivity index (χ0v) is 6.09. The molecule has 3 nitrogen and oxygen atoms in total. The minimum atomic E-state index is -0.393. The Hall–Kier alpha value is -0.860. The van der Waals surface area contributed by atoms with Gasteiger partial charge in [0.05, 0.1) is 5.92 Å². The van der Waals surface area contributed by atoms with Gasteiger partial charge >= 0.3 is 5.97 Å². The van der Waals surface area contributed by atoms with Gasteiger partial charge in [0.2, 0.25) is 0 Å². The molecule has 1 aliphatic rings. The van der Waals surface area contributed by atoms with Gasteiger partial charge in [0.1, 0.15) is 18.3 Å². The predicted molar refractivity (Wildman–Crippen MR) is 34.3 cm³/mol. The van der Waals surface area contributed by atoms with Crippen molar-refractivity contribution in [3.05, 3.63) is 0 Å². The van der Waals surface area contributed by atoms with Crippen LogP contribution in [0.5, 0.6) is 0 Å². The Labute approximate surface area is 59.4 Å². The molecule has 1 aliphatic heterocycles. The van der Waals surface area contributed by atoms with Crippen molar-refractivity contribution < 1.29 is 14.3 Å². The summed E-state index contributed by atoms with van der Waals surface area (Å²) in [6.45, 7) is 3.51. The minimum Gasteiger partial charge on any atom is -0.462 e. The largest absolute Gasteiger partial charge is 0.462 e. The molecular formula is C7H10O3. The molecule has 1 rings (SSSR count). The van der Waals surface area contributed by atoms with Crippen LogP contribution in [0, 0.1) is 5.92 Å². The first kappa shape index (κ1) is 7.25. The first-order valence-corrected chi connectivity index (χ1v) is 3.33. The van der Waals surface area contributed by atoms with Gasteiger partial charge in [-0.3, -0.25) is 9.59 Å². The van der Waals surface area contributed by atoms with E-state index in [-0.39, 0.29) is 24.2 Å². The maximum absolute atomic E-state index is 10.9. The summed E-state index contributed by atoms with van der Waals surface area (Å²) >= 11 is 0. The highest BCUT2D eigenvalue weighted by Crippen LogP contribution is 2.16. The molecule has 0 bridgehead atoms. The molecule has 1 fully saturated rings. The number of carbonyl (C=O) groups is 2. The monoisotopic (exact) mass is 142 g/mol. The van der Waals surface area contributed by atoms with Gasteiger partial charge in [-0.25, -0.2) is 0 Å². The quantitative estimate of drug-likeness (QED) is 0.366. The highest BCUT2D eigenvalue weighted by Gasteiger charge is 2.30. The number of ketones is 1. The van der Waals surface area contributed by atoms with Crippen LogP contribution in [0.2, 0.25) is 0 Å². The second-order valence-electron chi connectivity index (χ2n) is 2.63. The molecule has 1 saturated heterocycles. The number of hydrogen-bond donors (Lipinski definition) is 0. The van der Waals surface area contributed by atoms with Crippen molar-refractivity contribution in [2.45, 2.75) is 26.4 Å². The molecule has 0 aromatic rings. The highest BCUT2D eigenvalue weighted by atomic mass is 16.5. The van der Waals surface area contributed by atoms with Crippen LogP contribution in [-0.2, 0) is 14.3 Å². The van der Waals surface area contributed by atoms with Gasteiger partial charge < -0.3 is 4.74 Å². The van der Waals surface area contributed by atoms with Crippen molar-refractivity contribution in [1.82, 2.24) is 0 Å². The summed E-state index contributed by atoms with van der Waals surface area (Å²) in [5, 5.41) is 0. The van der Waals surface area contributed by atoms with Crippen molar-refractivity contribution in [1.29, 1.82) is 0 Å². The van der Waals surface area contributed by atoms with Crippen LogP contribution in [-0.4, -0.2) is 17.9 Å². The third kappa shape index (κ3) is 1.17. The smallest absolute Gasteiger partial charge is 0.313 e. The molecule has 0 aromatic heterocycles. The van der Waals surface area contributed by atoms with E-state index < -0.39 is 5.97 Å². The van der Waals surface area contributed by atoms with Crippen LogP contribution in [0.15, 0.2) is 0 Å². The van der Waals surface area contributed by atoms with Crippen molar-refractivity contribution >= 4 is 11.8 Å². The summed E-state index contributed by atoms with van der Waals surface area (Å²) in [4.78, 5) is 21.5. The molecular weight excluding hydrogens is 132 g/mol. The molecule has 0 amide bonds. The topological polar surface area (TPSA) is 43.4 Å². The Bertz CT molecular complexity index is 174. The average Bonchev–Trinajstić information content (AvgIpc) is 1.82. The third-order valence-corrected chi connectivity index (χ3v) is 1.85. The highest BCUT2D eigenvalue weighted by molar-refractivity contribution is 5.98. The summed E-state index contributed by atoms with van der Waals surface area (Å²) in [6, 6.07) is 0. The van der Waals surface area contributed by atoms with E-state index in [2.05, 4.69) is 0 Å². The third-order valence-electron chi connectivity index (χ3n) is 1.85. The number of cyclic esters (lactones) is 1. The standard InChI is InChI=1S/C7H10O3/c1-4-5(2)10-7(9)3-6(4)8/h4-5H,3H2,1-2H3/t4-,5+/m0/s1. The van der Waals surface area contributed by atoms with Gasteiger partial charge in [-0.2, -0.15) is 0 Å². The van der Waals surface area contributed by atoms with Crippen LogP contribution >= 0.6 is 0 Å². The fourth-order valence-electron chi connectivity index (χ4n) is 0.916. The second-order valence-corrected chi connectivity index (χ2v) is 2.63. The van der Waals surface area contributed by atoms with Crippen molar-refractivity contribution in [2.24, 2.45) is 5.92 Å². The summed E-state index contributed by atoms with van der Waals surface area (Å²) in [5.41, 5.74) is 0. The van der Waals surface area contributed by atoms with Crippen LogP contribution in [0.1, 0.15) is 20.3 Å². The predicted octanol–water partition coefficient (Wildman–Crippen LogP) is 0.527. The summed E-state index contributed by atoms with van der Waals surface area (Å²) < 4.78 is 4.81. The molecule has 0 radical (unpaired) electrons. The summed E-state index contributed by atoms with van der Waals surface area (Å²) in [7, 11) is 0. The Morgan fingerprint density at radius 3 is 2.50 bits per heavy atom. The molecule has 1 heterocycles. The maximum Gasteiger partial charge on any atom is 0.313 e. The van der Waals surface area contributed by atoms with Crippen molar-refractivity contribution in [2.75, 3.05) is 0 Å². The number of esters is 1. The molecule has 0 N–H and O–H groups in total. The first-order valence-electron chi connectivity index (χ1n) is 3.33. The zero-order chi connectivity index (χ0) is 7.72. The zero-order valence-electron chi connectivity index (χ0n) is 6.09. The number of rotatable bonds is 0. The lowest BCUT2D eigenvalue weighted by Gasteiger charge is -2.23. The van der Waals surface area contributed by atoms with E-state index in [1.165, 1.54) is 0 Å². The summed E-state index contributed by atoms with van der Waals surface area (Å²) in [6.07, 6.45) is -0.292. The van der Waals surface area contributed by atoms with E-state index in [4.69, 9.17) is 4.74 Å². The van der Waals surface area contributed by atoms with E-state index in [9.17, 15) is 9.59 Å². The summed E-state index contributed by atoms with van der Waals surface area (Å²) in [5.74, 6) is -0.531. The van der Waals surface area contributed by atoms with E-state index in [1.807, 2.05) is 0 Å². The Morgan fingerprint density at radius 2 is 2.00 bits per heavy atom. The maximum atomic E-state index is 10.9. The van der Waals surface area contributed by atoms with E-state index in [1.54, 1.807) is 13.8 Å². The molecule has 3 heteroatoms. The number of Topliss-reactive ketones (excluding diaryl/α,β-unsaturated/α-hetero) is 1. The minimum absolute atomic E-state index is 0.0104. The lowest BCUT2D eigenvalue weighted by atomic mass is 9.96. The van der Waals surface area contributed by atoms with Gasteiger partial charge in [0, 0.05) is 0 Å². The Kier molecular flexibility index (Phi) is 1.74. The molecule has 0 aliphatic carbocycles. The van der Waals surface area contributed by atoms with Crippen LogP contribution in [0.25, 0.3) is 0 Å². The van der Waals surface area contributed by atoms with Crippen molar-refractivity contribution in [3.8, 4) is 0 Å². The molecule has 0 spiro atoms. The fraction of sp³-hybridized carbons (Fsp3) is 0.714. The number of ether oxygens (including phenoxy) is 1. The van der Waals surface area contributed by atoms with E-state index in [0.29, 0.717) is 0 Å². The molecule has 0 aromatic carbocycles. The lowest BCUT2D eigenvalue weighted by Crippen LogP contribution is -2.35. The van der Waals surface area contributed by atoms with Crippen LogP contribution in [0.4, 0.5) is 0 Å². The van der Waals surface area contributed by atoms with Gasteiger partial charge in [0.15, 0.2) is 0 Å². The molecule has 0 unspecified atom stereocenters. The van der Waals surface area contributed by atoms with Crippen LogP contribution in [0.3, 0.4) is 0 Å². The van der Waals surface area contributed by atoms with Gasteiger partial charge in [-0.1, -0.05) is 6.92 Å². The number of carbonyl (C=O) groups excluding carboxylic acids is 2. The molecule has 2 atom stereocenters. The van der Waals surface area contributed by atoms with Gasteiger partial charge in [-0.15, -0.1) is 0 Å². The molecule has 0 saturated carbocycles. The lowest BCUT2D eigenvalue weighted by molar-refractivity contribution is -0.161. The average molecular weight is 142 g/mol. The van der Waals surface area contributed by atoms with Gasteiger partial charge in [0.25, 0.3) is 0 Å². The second kappa shape index (κ2) is 2.40. The Morgan fingerprint density at radius 1 is 1.40 bits per heavy atom. The van der Waals surface area contributed by atoms with Crippen LogP contribution < -0.4 is 0 Å².